The van der Waals surface area contributed by atoms with Crippen LogP contribution in [-0.2, 0) is 0 Å². The van der Waals surface area contributed by atoms with Crippen LogP contribution in [0.1, 0.15) is 36.9 Å². The summed E-state index contributed by atoms with van der Waals surface area (Å²) in [6.07, 6.45) is 11.4. The molecular formula is C31H28N8O2. The molecule has 41 heavy (non-hydrogen) atoms. The van der Waals surface area contributed by atoms with Gasteiger partial charge < -0.3 is 25.5 Å². The van der Waals surface area contributed by atoms with Crippen molar-refractivity contribution < 1.29 is 9.52 Å². The predicted molar refractivity (Wildman–Crippen MR) is 157 cm³/mol. The number of oxazole rings is 1. The highest BCUT2D eigenvalue weighted by molar-refractivity contribution is 5.73. The van der Waals surface area contributed by atoms with E-state index in [1.807, 2.05) is 54.6 Å². The van der Waals surface area contributed by atoms with E-state index in [4.69, 9.17) is 9.40 Å². The van der Waals surface area contributed by atoms with Crippen LogP contribution in [0.2, 0.25) is 0 Å². The van der Waals surface area contributed by atoms with Gasteiger partial charge in [-0.05, 0) is 80.1 Å². The summed E-state index contributed by atoms with van der Waals surface area (Å²) in [6, 6.07) is 17.8. The molecule has 0 spiro atoms. The molecular weight excluding hydrogens is 516 g/mol. The smallest absolute Gasteiger partial charge is 0.299 e. The first-order chi connectivity index (χ1) is 20.2. The van der Waals surface area contributed by atoms with Gasteiger partial charge in [0, 0.05) is 41.6 Å². The maximum atomic E-state index is 9.91. The summed E-state index contributed by atoms with van der Waals surface area (Å²) in [6.45, 7) is 0. The molecule has 0 atom stereocenters. The Morgan fingerprint density at radius 3 is 2.46 bits per heavy atom. The molecule has 4 heterocycles. The Labute approximate surface area is 237 Å². The molecule has 0 bridgehead atoms. The number of benzene rings is 1. The molecule has 0 radical (unpaired) electrons. The van der Waals surface area contributed by atoms with E-state index in [1.54, 1.807) is 24.8 Å². The predicted octanol–water partition coefficient (Wildman–Crippen LogP) is 5.52. The molecule has 1 aliphatic rings. The first kappa shape index (κ1) is 26.0. The van der Waals surface area contributed by atoms with E-state index >= 15 is 0 Å². The number of anilines is 5. The highest BCUT2D eigenvalue weighted by Crippen LogP contribution is 2.29. The SMILES string of the molecule is OC1CCC(Nc2nc(Nc3ccc(C#Cc4cc(Nc5ncco5)ccn4)cc3)ncc2-c2ccccn2)CC1. The van der Waals surface area contributed by atoms with Gasteiger partial charge in [0.05, 0.1) is 23.6 Å². The van der Waals surface area contributed by atoms with Crippen molar-refractivity contribution in [3.8, 4) is 23.1 Å². The quantitative estimate of drug-likeness (QED) is 0.194. The molecule has 0 amide bonds. The standard InChI is InChI=1S/C31H28N8O2/c40-26-12-10-22(11-13-26)36-29-27(28-3-1-2-15-33-28)20-35-30(39-29)37-23-7-4-21(5-8-23)6-9-24-19-25(14-16-32-24)38-31-34-17-18-41-31/h1-5,7-8,14-20,22,26,40H,10-13H2,(H,32,34,38)(H2,35,36,37,39). The Kier molecular flexibility index (Phi) is 7.78. The Balaban J connectivity index is 1.16. The summed E-state index contributed by atoms with van der Waals surface area (Å²) < 4.78 is 5.22. The molecule has 0 saturated heterocycles. The summed E-state index contributed by atoms with van der Waals surface area (Å²) >= 11 is 0. The Morgan fingerprint density at radius 1 is 0.805 bits per heavy atom. The van der Waals surface area contributed by atoms with Crippen LogP contribution < -0.4 is 16.0 Å². The summed E-state index contributed by atoms with van der Waals surface area (Å²) in [5.41, 5.74) is 4.72. The van der Waals surface area contributed by atoms with Gasteiger partial charge in [-0.2, -0.15) is 4.98 Å². The number of nitrogens with one attached hydrogen (secondary N) is 3. The second-order valence-electron chi connectivity index (χ2n) is 9.67. The van der Waals surface area contributed by atoms with Crippen molar-refractivity contribution >= 4 is 29.2 Å². The van der Waals surface area contributed by atoms with Crippen LogP contribution >= 0.6 is 0 Å². The average Bonchev–Trinajstić information content (AvgIpc) is 3.52. The highest BCUT2D eigenvalue weighted by Gasteiger charge is 2.21. The number of nitrogens with zero attached hydrogens (tertiary/aromatic N) is 5. The lowest BCUT2D eigenvalue weighted by Crippen LogP contribution is -2.29. The number of aliphatic hydroxyl groups excluding tert-OH is 1. The van der Waals surface area contributed by atoms with E-state index in [1.165, 1.54) is 6.26 Å². The van der Waals surface area contributed by atoms with E-state index in [0.717, 1.165) is 59.7 Å². The van der Waals surface area contributed by atoms with Crippen molar-refractivity contribution in [3.05, 3.63) is 96.9 Å². The van der Waals surface area contributed by atoms with Crippen LogP contribution in [-0.4, -0.2) is 42.2 Å². The molecule has 10 heteroatoms. The minimum atomic E-state index is -0.220. The fourth-order valence-electron chi connectivity index (χ4n) is 4.56. The van der Waals surface area contributed by atoms with E-state index in [2.05, 4.69) is 47.7 Å². The summed E-state index contributed by atoms with van der Waals surface area (Å²) in [4.78, 5) is 22.2. The Morgan fingerprint density at radius 2 is 1.68 bits per heavy atom. The fraction of sp³-hybridized carbons (Fsp3) is 0.194. The molecule has 1 aliphatic carbocycles. The van der Waals surface area contributed by atoms with E-state index in [0.29, 0.717) is 17.7 Å². The Bertz CT molecular complexity index is 1640. The van der Waals surface area contributed by atoms with Crippen LogP contribution in [0.3, 0.4) is 0 Å². The molecule has 10 nitrogen and oxygen atoms in total. The number of aromatic nitrogens is 5. The first-order valence-corrected chi connectivity index (χ1v) is 13.4. The third-order valence-electron chi connectivity index (χ3n) is 6.69. The number of rotatable bonds is 7. The zero-order valence-corrected chi connectivity index (χ0v) is 22.2. The lowest BCUT2D eigenvalue weighted by molar-refractivity contribution is 0.126. The van der Waals surface area contributed by atoms with Crippen molar-refractivity contribution in [1.29, 1.82) is 0 Å². The monoisotopic (exact) mass is 544 g/mol. The molecule has 4 N–H and O–H groups in total. The van der Waals surface area contributed by atoms with Gasteiger partial charge in [0.15, 0.2) is 0 Å². The van der Waals surface area contributed by atoms with E-state index in [9.17, 15) is 5.11 Å². The van der Waals surface area contributed by atoms with Crippen LogP contribution in [0.15, 0.2) is 90.1 Å². The molecule has 204 valence electrons. The molecule has 4 aromatic heterocycles. The van der Waals surface area contributed by atoms with E-state index in [-0.39, 0.29) is 12.1 Å². The Hall–Kier alpha value is -5.27. The van der Waals surface area contributed by atoms with Crippen molar-refractivity contribution in [2.75, 3.05) is 16.0 Å². The number of hydrogen-bond donors (Lipinski definition) is 4. The minimum Gasteiger partial charge on any atom is -0.432 e. The molecule has 1 saturated carbocycles. The first-order valence-electron chi connectivity index (χ1n) is 13.4. The van der Waals surface area contributed by atoms with Crippen molar-refractivity contribution in [2.45, 2.75) is 37.8 Å². The zero-order valence-electron chi connectivity index (χ0n) is 22.2. The second kappa shape index (κ2) is 12.3. The number of pyridine rings is 2. The third kappa shape index (κ3) is 6.84. The van der Waals surface area contributed by atoms with Gasteiger partial charge in [0.1, 0.15) is 17.8 Å². The molecule has 1 fully saturated rings. The molecule has 5 aromatic rings. The molecule has 1 aromatic carbocycles. The van der Waals surface area contributed by atoms with Gasteiger partial charge >= 0.3 is 0 Å². The van der Waals surface area contributed by atoms with E-state index < -0.39 is 0 Å². The average molecular weight is 545 g/mol. The van der Waals surface area contributed by atoms with Gasteiger partial charge in [-0.15, -0.1) is 0 Å². The minimum absolute atomic E-state index is 0.220. The van der Waals surface area contributed by atoms with Crippen LogP contribution in [0.25, 0.3) is 11.3 Å². The van der Waals surface area contributed by atoms with Crippen LogP contribution in [0, 0.1) is 11.8 Å². The van der Waals surface area contributed by atoms with Crippen molar-refractivity contribution in [2.24, 2.45) is 0 Å². The van der Waals surface area contributed by atoms with Gasteiger partial charge in [0.25, 0.3) is 6.01 Å². The maximum absolute atomic E-state index is 9.91. The second-order valence-corrected chi connectivity index (χ2v) is 9.67. The normalized spacial score (nSPS) is 16.3. The van der Waals surface area contributed by atoms with Gasteiger partial charge in [-0.1, -0.05) is 12.0 Å². The highest BCUT2D eigenvalue weighted by atomic mass is 16.4. The maximum Gasteiger partial charge on any atom is 0.299 e. The van der Waals surface area contributed by atoms with Gasteiger partial charge in [-0.3, -0.25) is 4.98 Å². The molecule has 0 aliphatic heterocycles. The molecule has 6 rings (SSSR count). The van der Waals surface area contributed by atoms with Crippen LogP contribution in [0.5, 0.6) is 0 Å². The van der Waals surface area contributed by atoms with Crippen molar-refractivity contribution in [1.82, 2.24) is 24.9 Å². The summed E-state index contributed by atoms with van der Waals surface area (Å²) in [7, 11) is 0. The molecule has 0 unspecified atom stereocenters. The summed E-state index contributed by atoms with van der Waals surface area (Å²) in [5.74, 6) is 7.44. The lowest BCUT2D eigenvalue weighted by Gasteiger charge is -2.27. The largest absolute Gasteiger partial charge is 0.432 e. The number of hydrogen-bond acceptors (Lipinski definition) is 10. The topological polar surface area (TPSA) is 134 Å². The van der Waals surface area contributed by atoms with Crippen molar-refractivity contribution in [3.63, 3.8) is 0 Å². The third-order valence-corrected chi connectivity index (χ3v) is 6.69. The number of aliphatic hydroxyl groups is 1. The summed E-state index contributed by atoms with van der Waals surface area (Å²) in [5, 5.41) is 19.8. The lowest BCUT2D eigenvalue weighted by atomic mass is 9.93. The van der Waals surface area contributed by atoms with Gasteiger partial charge in [0.2, 0.25) is 5.95 Å². The van der Waals surface area contributed by atoms with Crippen LogP contribution in [0.4, 0.5) is 29.2 Å². The fourth-order valence-corrected chi connectivity index (χ4v) is 4.56. The van der Waals surface area contributed by atoms with Gasteiger partial charge in [-0.25, -0.2) is 15.0 Å². The zero-order chi connectivity index (χ0) is 27.9.